The molecule has 0 atom stereocenters. The molecule has 10 nitrogen and oxygen atoms in total. The van der Waals surface area contributed by atoms with Gasteiger partial charge in [0.05, 0.1) is 9.85 Å². The highest BCUT2D eigenvalue weighted by Gasteiger charge is 2.26. The molecule has 0 saturated carbocycles. The Morgan fingerprint density at radius 1 is 1.19 bits per heavy atom. The van der Waals surface area contributed by atoms with Crippen LogP contribution in [0.3, 0.4) is 0 Å². The zero-order chi connectivity index (χ0) is 15.6. The van der Waals surface area contributed by atoms with Crippen LogP contribution in [0.1, 0.15) is 0 Å². The standard InChI is InChI=1S/C10H6FN5O5/c11-5-1-2-6(15(17)18)7(3-5)21-10-8(16(19)20)9(12)13-4-14-10/h1-4H,(H2,12,13,14). The number of nitro groups is 2. The molecule has 2 rings (SSSR count). The lowest BCUT2D eigenvalue weighted by atomic mass is 10.3. The van der Waals surface area contributed by atoms with Gasteiger partial charge >= 0.3 is 17.3 Å². The van der Waals surface area contributed by atoms with Gasteiger partial charge in [0, 0.05) is 12.1 Å². The first-order valence-electron chi connectivity index (χ1n) is 5.27. The molecule has 0 fully saturated rings. The predicted octanol–water partition coefficient (Wildman–Crippen LogP) is 1.81. The number of hydrogen-bond donors (Lipinski definition) is 1. The maximum atomic E-state index is 13.2. The van der Waals surface area contributed by atoms with Crippen LogP contribution in [0.4, 0.5) is 21.6 Å². The van der Waals surface area contributed by atoms with Gasteiger partial charge in [0.1, 0.15) is 12.1 Å². The summed E-state index contributed by atoms with van der Waals surface area (Å²) in [5.74, 6) is -2.47. The number of ether oxygens (including phenoxy) is 1. The quantitative estimate of drug-likeness (QED) is 0.663. The van der Waals surface area contributed by atoms with Crippen molar-refractivity contribution in [2.75, 3.05) is 5.73 Å². The summed E-state index contributed by atoms with van der Waals surface area (Å²) in [6, 6.07) is 2.43. The van der Waals surface area contributed by atoms with Gasteiger partial charge in [-0.05, 0) is 6.07 Å². The molecule has 0 aliphatic carbocycles. The van der Waals surface area contributed by atoms with Crippen LogP contribution in [0.25, 0.3) is 0 Å². The van der Waals surface area contributed by atoms with Crippen LogP contribution in [0, 0.1) is 26.0 Å². The molecule has 0 radical (unpaired) electrons. The maximum absolute atomic E-state index is 13.2. The van der Waals surface area contributed by atoms with Crippen molar-refractivity contribution in [1.82, 2.24) is 9.97 Å². The highest BCUT2D eigenvalue weighted by atomic mass is 19.1. The van der Waals surface area contributed by atoms with Gasteiger partial charge in [0.25, 0.3) is 0 Å². The number of halogens is 1. The third-order valence-electron chi connectivity index (χ3n) is 2.32. The van der Waals surface area contributed by atoms with Crippen molar-refractivity contribution in [2.24, 2.45) is 0 Å². The molecule has 0 bridgehead atoms. The summed E-state index contributed by atoms with van der Waals surface area (Å²) in [5, 5.41) is 21.7. The SMILES string of the molecule is Nc1ncnc(Oc2cc(F)ccc2[N+](=O)[O-])c1[N+](=O)[O-]. The summed E-state index contributed by atoms with van der Waals surface area (Å²) in [6.07, 6.45) is 0.878. The van der Waals surface area contributed by atoms with E-state index in [1.807, 2.05) is 0 Å². The number of aromatic nitrogens is 2. The van der Waals surface area contributed by atoms with Gasteiger partial charge in [0.15, 0.2) is 0 Å². The number of nitrogen functional groups attached to an aromatic ring is 1. The second kappa shape index (κ2) is 5.32. The molecular formula is C10H6FN5O5. The van der Waals surface area contributed by atoms with E-state index in [0.29, 0.717) is 6.07 Å². The summed E-state index contributed by atoms with van der Waals surface area (Å²) in [5.41, 5.74) is 3.97. The summed E-state index contributed by atoms with van der Waals surface area (Å²) in [6.45, 7) is 0. The van der Waals surface area contributed by atoms with E-state index in [1.54, 1.807) is 0 Å². The Balaban J connectivity index is 2.53. The Kier molecular flexibility index (Phi) is 3.56. The van der Waals surface area contributed by atoms with E-state index < -0.39 is 44.5 Å². The lowest BCUT2D eigenvalue weighted by Gasteiger charge is -2.06. The average Bonchev–Trinajstić information content (AvgIpc) is 2.37. The van der Waals surface area contributed by atoms with Crippen molar-refractivity contribution in [3.63, 3.8) is 0 Å². The van der Waals surface area contributed by atoms with Crippen molar-refractivity contribution in [1.29, 1.82) is 0 Å². The first kappa shape index (κ1) is 14.0. The van der Waals surface area contributed by atoms with E-state index in [0.717, 1.165) is 18.5 Å². The molecule has 108 valence electrons. The molecule has 2 aromatic rings. The lowest BCUT2D eigenvalue weighted by Crippen LogP contribution is -2.03. The summed E-state index contributed by atoms with van der Waals surface area (Å²) in [4.78, 5) is 26.9. The molecule has 0 aliphatic rings. The van der Waals surface area contributed by atoms with Crippen LogP contribution in [-0.2, 0) is 0 Å². The largest absolute Gasteiger partial charge is 0.426 e. The number of nitrogens with zero attached hydrogens (tertiary/aromatic N) is 4. The fourth-order valence-corrected chi connectivity index (χ4v) is 1.45. The van der Waals surface area contributed by atoms with Gasteiger partial charge in [-0.1, -0.05) is 0 Å². The zero-order valence-corrected chi connectivity index (χ0v) is 10.1. The van der Waals surface area contributed by atoms with E-state index in [1.165, 1.54) is 0 Å². The minimum absolute atomic E-state index is 0.482. The number of nitrogens with two attached hydrogens (primary N) is 1. The zero-order valence-electron chi connectivity index (χ0n) is 10.1. The Morgan fingerprint density at radius 2 is 1.90 bits per heavy atom. The van der Waals surface area contributed by atoms with Gasteiger partial charge in [-0.3, -0.25) is 20.2 Å². The van der Waals surface area contributed by atoms with Crippen molar-refractivity contribution in [3.8, 4) is 11.6 Å². The van der Waals surface area contributed by atoms with E-state index in [-0.39, 0.29) is 0 Å². The fourth-order valence-electron chi connectivity index (χ4n) is 1.45. The van der Waals surface area contributed by atoms with Crippen LogP contribution in [0.5, 0.6) is 11.6 Å². The number of anilines is 1. The molecule has 1 aromatic carbocycles. The highest BCUT2D eigenvalue weighted by molar-refractivity contribution is 5.60. The molecule has 21 heavy (non-hydrogen) atoms. The van der Waals surface area contributed by atoms with Crippen LogP contribution in [0.2, 0.25) is 0 Å². The smallest absolute Gasteiger partial charge is 0.372 e. The van der Waals surface area contributed by atoms with E-state index in [9.17, 15) is 24.6 Å². The number of hydrogen-bond acceptors (Lipinski definition) is 8. The van der Waals surface area contributed by atoms with E-state index in [4.69, 9.17) is 10.5 Å². The number of benzene rings is 1. The van der Waals surface area contributed by atoms with E-state index in [2.05, 4.69) is 9.97 Å². The molecule has 11 heteroatoms. The van der Waals surface area contributed by atoms with E-state index >= 15 is 0 Å². The first-order valence-corrected chi connectivity index (χ1v) is 5.27. The third kappa shape index (κ3) is 2.80. The number of nitro benzene ring substituents is 1. The Labute approximate surface area is 115 Å². The second-order valence-electron chi connectivity index (χ2n) is 3.64. The van der Waals surface area contributed by atoms with Gasteiger partial charge in [-0.15, -0.1) is 0 Å². The first-order chi connectivity index (χ1) is 9.90. The normalized spacial score (nSPS) is 10.1. The van der Waals surface area contributed by atoms with Crippen LogP contribution >= 0.6 is 0 Å². The van der Waals surface area contributed by atoms with Gasteiger partial charge in [0.2, 0.25) is 11.6 Å². The molecule has 0 spiro atoms. The summed E-state index contributed by atoms with van der Waals surface area (Å²) < 4.78 is 18.1. The minimum atomic E-state index is -0.907. The topological polar surface area (TPSA) is 147 Å². The molecule has 0 aliphatic heterocycles. The molecule has 0 unspecified atom stereocenters. The third-order valence-corrected chi connectivity index (χ3v) is 2.32. The average molecular weight is 295 g/mol. The van der Waals surface area contributed by atoms with Crippen LogP contribution in [0.15, 0.2) is 24.5 Å². The molecule has 0 saturated heterocycles. The van der Waals surface area contributed by atoms with Crippen molar-refractivity contribution in [2.45, 2.75) is 0 Å². The Morgan fingerprint density at radius 3 is 2.52 bits per heavy atom. The second-order valence-corrected chi connectivity index (χ2v) is 3.64. The summed E-state index contributed by atoms with van der Waals surface area (Å²) in [7, 11) is 0. The van der Waals surface area contributed by atoms with Crippen molar-refractivity contribution >= 4 is 17.2 Å². The highest BCUT2D eigenvalue weighted by Crippen LogP contribution is 2.36. The van der Waals surface area contributed by atoms with Crippen LogP contribution in [-0.4, -0.2) is 19.8 Å². The molecule has 0 amide bonds. The minimum Gasteiger partial charge on any atom is -0.426 e. The number of rotatable bonds is 4. The molecule has 1 heterocycles. The fraction of sp³-hybridized carbons (Fsp3) is 0. The molecular weight excluding hydrogens is 289 g/mol. The monoisotopic (exact) mass is 295 g/mol. The molecule has 2 N–H and O–H groups in total. The molecule has 1 aromatic heterocycles. The Bertz CT molecular complexity index is 738. The van der Waals surface area contributed by atoms with Gasteiger partial charge in [-0.25, -0.2) is 9.37 Å². The Hall–Kier alpha value is -3.37. The van der Waals surface area contributed by atoms with Gasteiger partial charge < -0.3 is 10.5 Å². The lowest BCUT2D eigenvalue weighted by molar-refractivity contribution is -0.387. The van der Waals surface area contributed by atoms with Crippen molar-refractivity contribution < 1.29 is 19.0 Å². The maximum Gasteiger partial charge on any atom is 0.372 e. The van der Waals surface area contributed by atoms with Crippen molar-refractivity contribution in [3.05, 3.63) is 50.6 Å². The van der Waals surface area contributed by atoms with Gasteiger partial charge in [-0.2, -0.15) is 4.98 Å². The summed E-state index contributed by atoms with van der Waals surface area (Å²) >= 11 is 0. The van der Waals surface area contributed by atoms with Crippen LogP contribution < -0.4 is 10.5 Å². The predicted molar refractivity (Wildman–Crippen MR) is 66.2 cm³/mol.